The molecule has 3 heterocycles. The normalized spacial score (nSPS) is 21.9. The van der Waals surface area contributed by atoms with E-state index in [0.717, 1.165) is 38.0 Å². The van der Waals surface area contributed by atoms with Gasteiger partial charge in [-0.05, 0) is 70.8 Å². The lowest BCUT2D eigenvalue weighted by Gasteiger charge is -2.25. The first-order chi connectivity index (χ1) is 14.0. The minimum atomic E-state index is -0.460. The van der Waals surface area contributed by atoms with Crippen LogP contribution < -0.4 is 10.2 Å². The molecule has 4 rings (SSSR count). The number of rotatable bonds is 6. The average Bonchev–Trinajstić information content (AvgIpc) is 3.39. The number of aryl methyl sites for hydroxylation is 1. The average molecular weight is 399 g/mol. The molecule has 7 nitrogen and oxygen atoms in total. The Morgan fingerprint density at radius 2 is 1.93 bits per heavy atom. The molecule has 0 bridgehead atoms. The number of hydrogen-bond donors (Lipinski definition) is 1. The SMILES string of the molecule is Cc1ccc2c(c1)C(=O)N1CCCC1C(=O)N2CC(=O)NCCCN1CCCC1. The highest BCUT2D eigenvalue weighted by molar-refractivity contribution is 6.12. The second-order valence-electron chi connectivity index (χ2n) is 8.35. The summed E-state index contributed by atoms with van der Waals surface area (Å²) >= 11 is 0. The van der Waals surface area contributed by atoms with Crippen LogP contribution in [0.15, 0.2) is 18.2 Å². The number of carbonyl (C=O) groups is 3. The summed E-state index contributed by atoms with van der Waals surface area (Å²) in [7, 11) is 0. The molecule has 1 unspecified atom stereocenters. The van der Waals surface area contributed by atoms with Crippen LogP contribution in [0.1, 0.15) is 48.0 Å². The highest BCUT2D eigenvalue weighted by Gasteiger charge is 2.42. The number of carbonyl (C=O) groups excluding carboxylic acids is 3. The topological polar surface area (TPSA) is 73.0 Å². The van der Waals surface area contributed by atoms with Gasteiger partial charge in [-0.1, -0.05) is 11.6 Å². The van der Waals surface area contributed by atoms with Crippen molar-refractivity contribution in [3.8, 4) is 0 Å². The van der Waals surface area contributed by atoms with Gasteiger partial charge in [-0.25, -0.2) is 0 Å². The zero-order valence-corrected chi connectivity index (χ0v) is 17.2. The Balaban J connectivity index is 1.44. The summed E-state index contributed by atoms with van der Waals surface area (Å²) in [6, 6.07) is 5.05. The third-order valence-electron chi connectivity index (χ3n) is 6.21. The van der Waals surface area contributed by atoms with E-state index < -0.39 is 6.04 Å². The maximum absolute atomic E-state index is 13.2. The van der Waals surface area contributed by atoms with Crippen LogP contribution in [-0.2, 0) is 9.59 Å². The van der Waals surface area contributed by atoms with Gasteiger partial charge in [0.15, 0.2) is 0 Å². The third kappa shape index (κ3) is 4.15. The largest absolute Gasteiger partial charge is 0.355 e. The first kappa shape index (κ1) is 19.9. The maximum Gasteiger partial charge on any atom is 0.256 e. The molecule has 1 N–H and O–H groups in total. The van der Waals surface area contributed by atoms with Gasteiger partial charge in [0.2, 0.25) is 11.8 Å². The molecule has 0 saturated carbocycles. The van der Waals surface area contributed by atoms with Crippen LogP contribution in [0.5, 0.6) is 0 Å². The van der Waals surface area contributed by atoms with E-state index in [1.54, 1.807) is 11.0 Å². The summed E-state index contributed by atoms with van der Waals surface area (Å²) in [6.07, 6.45) is 4.91. The number of nitrogens with zero attached hydrogens (tertiary/aromatic N) is 3. The molecule has 1 atom stereocenters. The van der Waals surface area contributed by atoms with Crippen molar-refractivity contribution in [2.75, 3.05) is 44.2 Å². The van der Waals surface area contributed by atoms with Crippen LogP contribution in [0.3, 0.4) is 0 Å². The number of likely N-dealkylation sites (tertiary alicyclic amines) is 1. The van der Waals surface area contributed by atoms with Gasteiger partial charge in [0.25, 0.3) is 5.91 Å². The molecular formula is C22H30N4O3. The van der Waals surface area contributed by atoms with Gasteiger partial charge in [0, 0.05) is 13.1 Å². The summed E-state index contributed by atoms with van der Waals surface area (Å²) in [5.41, 5.74) is 2.03. The van der Waals surface area contributed by atoms with E-state index in [9.17, 15) is 14.4 Å². The first-order valence-electron chi connectivity index (χ1n) is 10.8. The number of nitrogens with one attached hydrogen (secondary N) is 1. The lowest BCUT2D eigenvalue weighted by Crippen LogP contribution is -2.48. The Morgan fingerprint density at radius 3 is 2.72 bits per heavy atom. The van der Waals surface area contributed by atoms with E-state index >= 15 is 0 Å². The van der Waals surface area contributed by atoms with Crippen molar-refractivity contribution in [1.29, 1.82) is 0 Å². The van der Waals surface area contributed by atoms with E-state index in [-0.39, 0.29) is 24.3 Å². The predicted molar refractivity (Wildman–Crippen MR) is 111 cm³/mol. The highest BCUT2D eigenvalue weighted by Crippen LogP contribution is 2.32. The maximum atomic E-state index is 13.2. The second kappa shape index (κ2) is 8.53. The smallest absolute Gasteiger partial charge is 0.256 e. The zero-order valence-electron chi connectivity index (χ0n) is 17.2. The van der Waals surface area contributed by atoms with Gasteiger partial charge in [-0.3, -0.25) is 14.4 Å². The first-order valence-corrected chi connectivity index (χ1v) is 10.8. The van der Waals surface area contributed by atoms with E-state index in [1.807, 2.05) is 19.1 Å². The summed E-state index contributed by atoms with van der Waals surface area (Å²) in [4.78, 5) is 44.4. The van der Waals surface area contributed by atoms with Gasteiger partial charge in [0.1, 0.15) is 12.6 Å². The molecule has 7 heteroatoms. The van der Waals surface area contributed by atoms with Gasteiger partial charge in [-0.15, -0.1) is 0 Å². The van der Waals surface area contributed by atoms with Gasteiger partial charge < -0.3 is 20.0 Å². The zero-order chi connectivity index (χ0) is 20.4. The van der Waals surface area contributed by atoms with Gasteiger partial charge >= 0.3 is 0 Å². The molecule has 3 amide bonds. The van der Waals surface area contributed by atoms with Crippen LogP contribution in [0, 0.1) is 6.92 Å². The standard InChI is InChI=1S/C22H30N4O3/c1-16-7-8-18-17(14-16)21(28)25-13-4-6-19(25)22(29)26(18)15-20(27)23-9-5-12-24-10-2-3-11-24/h7-8,14,19H,2-6,9-13,15H2,1H3,(H,23,27). The van der Waals surface area contributed by atoms with Crippen molar-refractivity contribution >= 4 is 23.4 Å². The molecule has 2 saturated heterocycles. The Bertz CT molecular complexity index is 803. The molecule has 0 radical (unpaired) electrons. The summed E-state index contributed by atoms with van der Waals surface area (Å²) in [5.74, 6) is -0.427. The molecule has 3 aliphatic rings. The summed E-state index contributed by atoms with van der Waals surface area (Å²) < 4.78 is 0. The van der Waals surface area contributed by atoms with E-state index in [0.29, 0.717) is 30.8 Å². The van der Waals surface area contributed by atoms with Gasteiger partial charge in [-0.2, -0.15) is 0 Å². The van der Waals surface area contributed by atoms with Crippen molar-refractivity contribution in [1.82, 2.24) is 15.1 Å². The van der Waals surface area contributed by atoms with E-state index in [4.69, 9.17) is 0 Å². The second-order valence-corrected chi connectivity index (χ2v) is 8.35. The minimum Gasteiger partial charge on any atom is -0.355 e. The van der Waals surface area contributed by atoms with Crippen molar-refractivity contribution in [3.05, 3.63) is 29.3 Å². The summed E-state index contributed by atoms with van der Waals surface area (Å²) in [5, 5.41) is 2.95. The van der Waals surface area contributed by atoms with Crippen molar-refractivity contribution in [2.24, 2.45) is 0 Å². The van der Waals surface area contributed by atoms with Crippen LogP contribution in [0.2, 0.25) is 0 Å². The van der Waals surface area contributed by atoms with E-state index in [2.05, 4.69) is 10.2 Å². The number of anilines is 1. The highest BCUT2D eigenvalue weighted by atomic mass is 16.2. The van der Waals surface area contributed by atoms with Crippen molar-refractivity contribution < 1.29 is 14.4 Å². The van der Waals surface area contributed by atoms with Gasteiger partial charge in [0.05, 0.1) is 11.3 Å². The lowest BCUT2D eigenvalue weighted by atomic mass is 10.1. The monoisotopic (exact) mass is 398 g/mol. The molecule has 156 valence electrons. The molecule has 29 heavy (non-hydrogen) atoms. The molecule has 1 aromatic carbocycles. The summed E-state index contributed by atoms with van der Waals surface area (Å²) in [6.45, 7) is 6.38. The van der Waals surface area contributed by atoms with Crippen LogP contribution in [0.4, 0.5) is 5.69 Å². The fourth-order valence-electron chi connectivity index (χ4n) is 4.68. The molecule has 2 fully saturated rings. The van der Waals surface area contributed by atoms with Crippen LogP contribution in [0.25, 0.3) is 0 Å². The molecular weight excluding hydrogens is 368 g/mol. The Morgan fingerprint density at radius 1 is 1.14 bits per heavy atom. The Hall–Kier alpha value is -2.41. The molecule has 0 spiro atoms. The van der Waals surface area contributed by atoms with E-state index in [1.165, 1.54) is 17.7 Å². The lowest BCUT2D eigenvalue weighted by molar-refractivity contribution is -0.125. The number of fused-ring (bicyclic) bond motifs is 2. The fourth-order valence-corrected chi connectivity index (χ4v) is 4.68. The molecule has 0 aliphatic carbocycles. The van der Waals surface area contributed by atoms with Crippen LogP contribution in [-0.4, -0.2) is 72.8 Å². The minimum absolute atomic E-state index is 0.0454. The predicted octanol–water partition coefficient (Wildman–Crippen LogP) is 1.55. The molecule has 1 aromatic rings. The number of hydrogen-bond acceptors (Lipinski definition) is 4. The Kier molecular flexibility index (Phi) is 5.85. The Labute approximate surface area is 172 Å². The van der Waals surface area contributed by atoms with Crippen LogP contribution >= 0.6 is 0 Å². The molecule has 3 aliphatic heterocycles. The number of amides is 3. The fraction of sp³-hybridized carbons (Fsp3) is 0.591. The number of benzene rings is 1. The third-order valence-corrected chi connectivity index (χ3v) is 6.21. The molecule has 0 aromatic heterocycles. The quantitative estimate of drug-likeness (QED) is 0.738. The van der Waals surface area contributed by atoms with Crippen molar-refractivity contribution in [2.45, 2.75) is 45.1 Å². The van der Waals surface area contributed by atoms with Crippen molar-refractivity contribution in [3.63, 3.8) is 0 Å².